The van der Waals surface area contributed by atoms with Gasteiger partial charge >= 0.3 is 0 Å². The third-order valence-electron chi connectivity index (χ3n) is 4.01. The van der Waals surface area contributed by atoms with Crippen molar-refractivity contribution in [2.75, 3.05) is 25.4 Å². The molecule has 1 rings (SSSR count). The monoisotopic (exact) mass is 368 g/mol. The molecule has 0 spiro atoms. The lowest BCUT2D eigenvalue weighted by atomic mass is 10.0. The molecule has 0 atom stereocenters. The summed E-state index contributed by atoms with van der Waals surface area (Å²) in [5.41, 5.74) is 0.944. The number of nitrogens with one attached hydrogen (secondary N) is 3. The Bertz CT molecular complexity index is 599. The van der Waals surface area contributed by atoms with E-state index in [9.17, 15) is 8.42 Å². The predicted molar refractivity (Wildman–Crippen MR) is 105 cm³/mol. The van der Waals surface area contributed by atoms with Gasteiger partial charge in [-0.05, 0) is 18.4 Å². The predicted octanol–water partition coefficient (Wildman–Crippen LogP) is 2.10. The first-order valence-corrected chi connectivity index (χ1v) is 10.7. The molecule has 1 aromatic carbocycles. The zero-order valence-electron chi connectivity index (χ0n) is 15.6. The molecule has 142 valence electrons. The van der Waals surface area contributed by atoms with Crippen LogP contribution < -0.4 is 15.4 Å². The van der Waals surface area contributed by atoms with Gasteiger partial charge in [0, 0.05) is 26.2 Å². The van der Waals surface area contributed by atoms with Gasteiger partial charge in [0.2, 0.25) is 10.0 Å². The first kappa shape index (κ1) is 21.4. The summed E-state index contributed by atoms with van der Waals surface area (Å²) in [6.45, 7) is 8.44. The van der Waals surface area contributed by atoms with E-state index in [4.69, 9.17) is 0 Å². The molecule has 0 aliphatic heterocycles. The highest BCUT2D eigenvalue weighted by molar-refractivity contribution is 7.89. The second kappa shape index (κ2) is 11.9. The van der Waals surface area contributed by atoms with Crippen molar-refractivity contribution in [3.05, 3.63) is 35.9 Å². The maximum absolute atomic E-state index is 12.1. The Morgan fingerprint density at radius 1 is 1.08 bits per heavy atom. The maximum atomic E-state index is 12.1. The minimum Gasteiger partial charge on any atom is -0.357 e. The largest absolute Gasteiger partial charge is 0.357 e. The van der Waals surface area contributed by atoms with Crippen LogP contribution in [0.25, 0.3) is 0 Å². The van der Waals surface area contributed by atoms with E-state index in [1.807, 2.05) is 37.3 Å². The molecule has 0 radical (unpaired) electrons. The van der Waals surface area contributed by atoms with Gasteiger partial charge in [-0.15, -0.1) is 0 Å². The minimum absolute atomic E-state index is 0.00916. The van der Waals surface area contributed by atoms with Gasteiger partial charge in [0.15, 0.2) is 5.96 Å². The number of benzene rings is 1. The molecule has 0 aliphatic carbocycles. The van der Waals surface area contributed by atoms with Crippen molar-refractivity contribution >= 4 is 16.0 Å². The van der Waals surface area contributed by atoms with E-state index in [1.54, 1.807) is 0 Å². The molecule has 0 bridgehead atoms. The number of sulfonamides is 1. The third-order valence-corrected chi connectivity index (χ3v) is 5.33. The third kappa shape index (κ3) is 9.45. The van der Waals surface area contributed by atoms with Crippen molar-refractivity contribution in [1.29, 1.82) is 0 Å². The van der Waals surface area contributed by atoms with Gasteiger partial charge < -0.3 is 10.6 Å². The van der Waals surface area contributed by atoms with Crippen LogP contribution >= 0.6 is 0 Å². The summed E-state index contributed by atoms with van der Waals surface area (Å²) in [5, 5.41) is 6.25. The Labute approximate surface area is 152 Å². The molecular formula is C18H32N4O2S. The Morgan fingerprint density at radius 3 is 2.36 bits per heavy atom. The molecule has 25 heavy (non-hydrogen) atoms. The molecule has 6 nitrogen and oxygen atoms in total. The van der Waals surface area contributed by atoms with Crippen LogP contribution in [0.4, 0.5) is 0 Å². The van der Waals surface area contributed by atoms with Crippen LogP contribution in [0.2, 0.25) is 0 Å². The van der Waals surface area contributed by atoms with Crippen molar-refractivity contribution < 1.29 is 8.42 Å². The Morgan fingerprint density at radius 2 is 1.76 bits per heavy atom. The number of hydrogen-bond donors (Lipinski definition) is 3. The summed E-state index contributed by atoms with van der Waals surface area (Å²) >= 11 is 0. The van der Waals surface area contributed by atoms with Gasteiger partial charge in [-0.3, -0.25) is 4.99 Å². The number of aliphatic imine (C=N–C) groups is 1. The van der Waals surface area contributed by atoms with Crippen LogP contribution in [0.15, 0.2) is 35.3 Å². The number of nitrogens with zero attached hydrogens (tertiary/aromatic N) is 1. The Balaban J connectivity index is 2.43. The second-order valence-corrected chi connectivity index (χ2v) is 7.88. The van der Waals surface area contributed by atoms with Crippen LogP contribution in [0.3, 0.4) is 0 Å². The highest BCUT2D eigenvalue weighted by Gasteiger charge is 2.10. The summed E-state index contributed by atoms with van der Waals surface area (Å²) in [4.78, 5) is 4.55. The first-order valence-electron chi connectivity index (χ1n) is 9.04. The standard InChI is InChI=1S/C18H32N4O2S/c1-4-16(5-2)14-21-18(19-6-3)20-12-13-25(23,24)22-15-17-10-8-7-9-11-17/h7-11,16,22H,4-6,12-15H2,1-3H3,(H2,19,20,21). The molecule has 0 saturated carbocycles. The van der Waals surface area contributed by atoms with E-state index in [2.05, 4.69) is 34.2 Å². The molecule has 0 saturated heterocycles. The van der Waals surface area contributed by atoms with Crippen molar-refractivity contribution in [2.45, 2.75) is 40.2 Å². The normalized spacial score (nSPS) is 12.4. The van der Waals surface area contributed by atoms with Gasteiger partial charge in [0.25, 0.3) is 0 Å². The van der Waals surface area contributed by atoms with E-state index in [-0.39, 0.29) is 5.75 Å². The summed E-state index contributed by atoms with van der Waals surface area (Å²) in [5.74, 6) is 1.24. The lowest BCUT2D eigenvalue weighted by Gasteiger charge is -2.14. The zero-order chi connectivity index (χ0) is 18.5. The van der Waals surface area contributed by atoms with E-state index < -0.39 is 10.0 Å². The van der Waals surface area contributed by atoms with Gasteiger partial charge in [0.05, 0.1) is 5.75 Å². The van der Waals surface area contributed by atoms with Crippen LogP contribution in [-0.4, -0.2) is 39.8 Å². The lowest BCUT2D eigenvalue weighted by Crippen LogP contribution is -2.41. The molecule has 7 heteroatoms. The summed E-state index contributed by atoms with van der Waals surface area (Å²) in [6, 6.07) is 9.49. The molecule has 0 fully saturated rings. The van der Waals surface area contributed by atoms with Gasteiger partial charge in [0.1, 0.15) is 0 Å². The van der Waals surface area contributed by atoms with E-state index in [0.29, 0.717) is 25.0 Å². The molecule has 0 aromatic heterocycles. The smallest absolute Gasteiger partial charge is 0.213 e. The average Bonchev–Trinajstić information content (AvgIpc) is 2.61. The minimum atomic E-state index is -3.33. The average molecular weight is 369 g/mol. The van der Waals surface area contributed by atoms with Gasteiger partial charge in [-0.1, -0.05) is 57.0 Å². The van der Waals surface area contributed by atoms with Crippen LogP contribution in [-0.2, 0) is 16.6 Å². The van der Waals surface area contributed by atoms with Crippen molar-refractivity contribution in [3.63, 3.8) is 0 Å². The molecule has 3 N–H and O–H groups in total. The SMILES string of the molecule is CCNC(=NCC(CC)CC)NCCS(=O)(=O)NCc1ccccc1. The fourth-order valence-electron chi connectivity index (χ4n) is 2.27. The molecule has 0 unspecified atom stereocenters. The van der Waals surface area contributed by atoms with Gasteiger partial charge in [-0.2, -0.15) is 0 Å². The summed E-state index contributed by atoms with van der Waals surface area (Å²) in [6.07, 6.45) is 2.19. The molecule has 0 amide bonds. The highest BCUT2D eigenvalue weighted by atomic mass is 32.2. The lowest BCUT2D eigenvalue weighted by molar-refractivity contribution is 0.504. The maximum Gasteiger partial charge on any atom is 0.213 e. The molecule has 0 heterocycles. The van der Waals surface area contributed by atoms with Crippen molar-refractivity contribution in [3.8, 4) is 0 Å². The fourth-order valence-corrected chi connectivity index (χ4v) is 3.18. The van der Waals surface area contributed by atoms with Gasteiger partial charge in [-0.25, -0.2) is 13.1 Å². The number of hydrogen-bond acceptors (Lipinski definition) is 3. The molecular weight excluding hydrogens is 336 g/mol. The zero-order valence-corrected chi connectivity index (χ0v) is 16.4. The van der Waals surface area contributed by atoms with E-state index in [1.165, 1.54) is 0 Å². The molecule has 0 aliphatic rings. The Hall–Kier alpha value is -1.60. The number of guanidine groups is 1. The summed E-state index contributed by atoms with van der Waals surface area (Å²) < 4.78 is 26.8. The van der Waals surface area contributed by atoms with Crippen LogP contribution in [0, 0.1) is 5.92 Å². The quantitative estimate of drug-likeness (QED) is 0.413. The molecule has 1 aromatic rings. The van der Waals surface area contributed by atoms with Crippen LogP contribution in [0.1, 0.15) is 39.2 Å². The second-order valence-electron chi connectivity index (χ2n) is 5.95. The highest BCUT2D eigenvalue weighted by Crippen LogP contribution is 2.07. The Kier molecular flexibility index (Phi) is 10.2. The number of rotatable bonds is 11. The van der Waals surface area contributed by atoms with E-state index >= 15 is 0 Å². The van der Waals surface area contributed by atoms with Crippen molar-refractivity contribution in [2.24, 2.45) is 10.9 Å². The van der Waals surface area contributed by atoms with Crippen molar-refractivity contribution in [1.82, 2.24) is 15.4 Å². The fraction of sp³-hybridized carbons (Fsp3) is 0.611. The topological polar surface area (TPSA) is 82.6 Å². The van der Waals surface area contributed by atoms with Crippen LogP contribution in [0.5, 0.6) is 0 Å². The van der Waals surface area contributed by atoms with E-state index in [0.717, 1.165) is 31.5 Å². The first-order chi connectivity index (χ1) is 12.0. The summed E-state index contributed by atoms with van der Waals surface area (Å²) in [7, 11) is -3.33.